The van der Waals surface area contributed by atoms with E-state index in [9.17, 15) is 9.59 Å². The van der Waals surface area contributed by atoms with Gasteiger partial charge in [0.15, 0.2) is 12.4 Å². The monoisotopic (exact) mass is 405 g/mol. The van der Waals surface area contributed by atoms with Crippen LogP contribution >= 0.6 is 0 Å². The number of piperidine rings is 1. The maximum Gasteiger partial charge on any atom is 0.321 e. The number of amides is 2. The molecule has 1 atom stereocenters. The highest BCUT2D eigenvalue weighted by Gasteiger charge is 2.29. The number of anilines is 1. The third kappa shape index (κ3) is 4.86. The number of likely N-dealkylation sites (tertiary alicyclic amines) is 1. The van der Waals surface area contributed by atoms with Crippen molar-refractivity contribution in [3.63, 3.8) is 0 Å². The van der Waals surface area contributed by atoms with Gasteiger partial charge in [0, 0.05) is 24.3 Å². The molecule has 0 radical (unpaired) electrons. The van der Waals surface area contributed by atoms with Gasteiger partial charge in [-0.2, -0.15) is 0 Å². The number of urea groups is 1. The number of hydrogen-bond donors (Lipinski definition) is 1. The van der Waals surface area contributed by atoms with Crippen LogP contribution in [0.3, 0.4) is 0 Å². The molecule has 0 saturated carbocycles. The molecule has 1 fully saturated rings. The first-order valence-corrected chi connectivity index (χ1v) is 9.97. The topological polar surface area (TPSA) is 84.7 Å². The Balaban J connectivity index is 1.29. The Labute approximate surface area is 174 Å². The lowest BCUT2D eigenvalue weighted by molar-refractivity contribution is -0.152. The number of rotatable bonds is 5. The number of carbonyl (C=O) groups excluding carboxylic acids is 2. The van der Waals surface area contributed by atoms with Gasteiger partial charge in [-0.3, -0.25) is 4.79 Å². The van der Waals surface area contributed by atoms with Gasteiger partial charge in [0.2, 0.25) is 5.89 Å². The first-order valence-electron chi connectivity index (χ1n) is 9.97. The predicted octanol–water partition coefficient (Wildman–Crippen LogP) is 4.33. The van der Waals surface area contributed by atoms with Crippen LogP contribution in [0.4, 0.5) is 10.5 Å². The molecule has 0 bridgehead atoms. The average molecular weight is 405 g/mol. The minimum absolute atomic E-state index is 0.0294. The van der Waals surface area contributed by atoms with Crippen LogP contribution in [-0.2, 0) is 16.1 Å². The molecule has 3 aromatic rings. The number of ether oxygens (including phenoxy) is 1. The van der Waals surface area contributed by atoms with Crippen molar-refractivity contribution in [2.45, 2.75) is 19.4 Å². The molecule has 1 saturated heterocycles. The van der Waals surface area contributed by atoms with E-state index in [2.05, 4.69) is 10.3 Å². The summed E-state index contributed by atoms with van der Waals surface area (Å²) < 4.78 is 11.1. The van der Waals surface area contributed by atoms with Crippen LogP contribution in [0.15, 0.2) is 71.3 Å². The number of nitrogens with one attached hydrogen (secondary N) is 1. The highest BCUT2D eigenvalue weighted by atomic mass is 16.5. The van der Waals surface area contributed by atoms with E-state index in [1.165, 1.54) is 0 Å². The standard InChI is InChI=1S/C23H23N3O4/c27-22(29-16-21-24-14-20(30-21)17-8-3-1-4-9-17)18-10-7-13-26(15-18)23(28)25-19-11-5-2-6-12-19/h1-6,8-9,11-12,14,18H,7,10,13,15-16H2,(H,25,28). The summed E-state index contributed by atoms with van der Waals surface area (Å²) in [5, 5.41) is 2.86. The van der Waals surface area contributed by atoms with Crippen molar-refractivity contribution in [1.29, 1.82) is 0 Å². The summed E-state index contributed by atoms with van der Waals surface area (Å²) in [6.07, 6.45) is 3.06. The maximum absolute atomic E-state index is 12.5. The van der Waals surface area contributed by atoms with E-state index in [0.717, 1.165) is 17.7 Å². The van der Waals surface area contributed by atoms with E-state index in [1.807, 2.05) is 60.7 Å². The average Bonchev–Trinajstić information content (AvgIpc) is 3.28. The van der Waals surface area contributed by atoms with Gasteiger partial charge in [-0.25, -0.2) is 9.78 Å². The zero-order valence-electron chi connectivity index (χ0n) is 16.5. The molecule has 2 aromatic carbocycles. The molecule has 1 N–H and O–H groups in total. The van der Waals surface area contributed by atoms with Crippen LogP contribution < -0.4 is 5.32 Å². The van der Waals surface area contributed by atoms with E-state index in [0.29, 0.717) is 31.2 Å². The zero-order valence-corrected chi connectivity index (χ0v) is 16.5. The van der Waals surface area contributed by atoms with Crippen molar-refractivity contribution in [3.8, 4) is 11.3 Å². The van der Waals surface area contributed by atoms with Crippen molar-refractivity contribution >= 4 is 17.7 Å². The summed E-state index contributed by atoms with van der Waals surface area (Å²) in [5.41, 5.74) is 1.64. The number of hydrogen-bond acceptors (Lipinski definition) is 5. The Morgan fingerprint density at radius 1 is 1.10 bits per heavy atom. The maximum atomic E-state index is 12.5. The molecule has 1 unspecified atom stereocenters. The van der Waals surface area contributed by atoms with Crippen LogP contribution in [-0.4, -0.2) is 35.0 Å². The number of para-hydroxylation sites is 1. The molecule has 1 aliphatic heterocycles. The van der Waals surface area contributed by atoms with Crippen molar-refractivity contribution in [3.05, 3.63) is 72.8 Å². The Hall–Kier alpha value is -3.61. The molecule has 1 aromatic heterocycles. The molecule has 2 amide bonds. The molecular weight excluding hydrogens is 382 g/mol. The molecular formula is C23H23N3O4. The Kier molecular flexibility index (Phi) is 6.08. The van der Waals surface area contributed by atoms with Gasteiger partial charge in [-0.1, -0.05) is 48.5 Å². The molecule has 7 nitrogen and oxygen atoms in total. The molecule has 0 spiro atoms. The van der Waals surface area contributed by atoms with Crippen molar-refractivity contribution < 1.29 is 18.7 Å². The fourth-order valence-electron chi connectivity index (χ4n) is 3.44. The largest absolute Gasteiger partial charge is 0.455 e. The minimum Gasteiger partial charge on any atom is -0.455 e. The summed E-state index contributed by atoms with van der Waals surface area (Å²) in [7, 11) is 0. The molecule has 7 heteroatoms. The fourth-order valence-corrected chi connectivity index (χ4v) is 3.44. The van der Waals surface area contributed by atoms with E-state index in [1.54, 1.807) is 11.1 Å². The predicted molar refractivity (Wildman–Crippen MR) is 111 cm³/mol. The van der Waals surface area contributed by atoms with Gasteiger partial charge < -0.3 is 19.4 Å². The van der Waals surface area contributed by atoms with E-state index in [-0.39, 0.29) is 24.5 Å². The number of oxazole rings is 1. The molecule has 154 valence electrons. The lowest BCUT2D eigenvalue weighted by atomic mass is 9.98. The number of aromatic nitrogens is 1. The highest BCUT2D eigenvalue weighted by molar-refractivity contribution is 5.89. The summed E-state index contributed by atoms with van der Waals surface area (Å²) in [6.45, 7) is 0.916. The normalized spacial score (nSPS) is 16.1. The van der Waals surface area contributed by atoms with Crippen LogP contribution in [0, 0.1) is 5.92 Å². The second kappa shape index (κ2) is 9.26. The van der Waals surface area contributed by atoms with Crippen molar-refractivity contribution in [2.24, 2.45) is 5.92 Å². The van der Waals surface area contributed by atoms with E-state index in [4.69, 9.17) is 9.15 Å². The Bertz CT molecular complexity index is 988. The van der Waals surface area contributed by atoms with Crippen LogP contribution in [0.1, 0.15) is 18.7 Å². The van der Waals surface area contributed by atoms with E-state index < -0.39 is 0 Å². The number of nitrogens with zero attached hydrogens (tertiary/aromatic N) is 2. The third-order valence-electron chi connectivity index (χ3n) is 5.02. The fraction of sp³-hybridized carbons (Fsp3) is 0.261. The van der Waals surface area contributed by atoms with Gasteiger partial charge in [0.1, 0.15) is 0 Å². The van der Waals surface area contributed by atoms with Gasteiger partial charge in [-0.05, 0) is 25.0 Å². The summed E-state index contributed by atoms with van der Waals surface area (Å²) in [4.78, 5) is 30.8. The SMILES string of the molecule is O=C(OCc1ncc(-c2ccccc2)o1)C1CCCN(C(=O)Nc2ccccc2)C1. The summed E-state index contributed by atoms with van der Waals surface area (Å²) in [5.74, 6) is 0.273. The smallest absolute Gasteiger partial charge is 0.321 e. The molecule has 0 aliphatic carbocycles. The first-order chi connectivity index (χ1) is 14.7. The molecule has 2 heterocycles. The van der Waals surface area contributed by atoms with Gasteiger partial charge >= 0.3 is 12.0 Å². The first kappa shape index (κ1) is 19.7. The van der Waals surface area contributed by atoms with E-state index >= 15 is 0 Å². The summed E-state index contributed by atoms with van der Waals surface area (Å²) >= 11 is 0. The Morgan fingerprint density at radius 2 is 1.83 bits per heavy atom. The lowest BCUT2D eigenvalue weighted by Crippen LogP contribution is -2.44. The molecule has 1 aliphatic rings. The van der Waals surface area contributed by atoms with Crippen LogP contribution in [0.5, 0.6) is 0 Å². The highest BCUT2D eigenvalue weighted by Crippen LogP contribution is 2.22. The van der Waals surface area contributed by atoms with Crippen LogP contribution in [0.25, 0.3) is 11.3 Å². The van der Waals surface area contributed by atoms with Crippen molar-refractivity contribution in [1.82, 2.24) is 9.88 Å². The van der Waals surface area contributed by atoms with Crippen molar-refractivity contribution in [2.75, 3.05) is 18.4 Å². The zero-order chi connectivity index (χ0) is 20.8. The van der Waals surface area contributed by atoms with Gasteiger partial charge in [-0.15, -0.1) is 0 Å². The number of esters is 1. The number of benzene rings is 2. The second-order valence-electron chi connectivity index (χ2n) is 7.17. The number of carbonyl (C=O) groups is 2. The quantitative estimate of drug-likeness (QED) is 0.639. The third-order valence-corrected chi connectivity index (χ3v) is 5.02. The van der Waals surface area contributed by atoms with Crippen LogP contribution in [0.2, 0.25) is 0 Å². The summed E-state index contributed by atoms with van der Waals surface area (Å²) in [6, 6.07) is 18.7. The molecule has 30 heavy (non-hydrogen) atoms. The minimum atomic E-state index is -0.358. The second-order valence-corrected chi connectivity index (χ2v) is 7.17. The van der Waals surface area contributed by atoms with Gasteiger partial charge in [0.25, 0.3) is 0 Å². The lowest BCUT2D eigenvalue weighted by Gasteiger charge is -2.31. The molecule has 4 rings (SSSR count). The Morgan fingerprint density at radius 3 is 2.60 bits per heavy atom. The van der Waals surface area contributed by atoms with Gasteiger partial charge in [0.05, 0.1) is 12.1 Å².